The van der Waals surface area contributed by atoms with E-state index in [0.717, 1.165) is 6.08 Å². The highest BCUT2D eigenvalue weighted by molar-refractivity contribution is 6.03. The summed E-state index contributed by atoms with van der Waals surface area (Å²) in [5, 5.41) is 0. The standard InChI is InChI=1S/C18H17NO5/c1-22-15-9-7-12(11-16(15)23-2)8-10-17(20)24-18(21)13-5-3-4-6-14(13)19/h3-11H,19H2,1-2H3/b10-8+. The number of hydrogen-bond acceptors (Lipinski definition) is 6. The first-order chi connectivity index (χ1) is 11.5. The second kappa shape index (κ2) is 7.82. The van der Waals surface area contributed by atoms with Crippen molar-refractivity contribution in [3.05, 3.63) is 59.7 Å². The molecule has 0 saturated heterocycles. The zero-order chi connectivity index (χ0) is 17.5. The molecule has 0 bridgehead atoms. The number of anilines is 1. The third kappa shape index (κ3) is 4.13. The topological polar surface area (TPSA) is 87.9 Å². The Morgan fingerprint density at radius 3 is 2.38 bits per heavy atom. The average molecular weight is 327 g/mol. The fourth-order valence-corrected chi connectivity index (χ4v) is 1.98. The van der Waals surface area contributed by atoms with Crippen molar-refractivity contribution in [2.45, 2.75) is 0 Å². The molecule has 0 atom stereocenters. The Labute approximate surface area is 139 Å². The molecule has 2 N–H and O–H groups in total. The third-order valence-electron chi connectivity index (χ3n) is 3.19. The van der Waals surface area contributed by atoms with E-state index in [0.29, 0.717) is 17.1 Å². The smallest absolute Gasteiger partial charge is 0.348 e. The Morgan fingerprint density at radius 1 is 1.00 bits per heavy atom. The van der Waals surface area contributed by atoms with Gasteiger partial charge in [-0.3, -0.25) is 0 Å². The predicted octanol–water partition coefficient (Wildman–Crippen LogP) is 2.68. The van der Waals surface area contributed by atoms with Gasteiger partial charge in [-0.25, -0.2) is 9.59 Å². The molecule has 0 aliphatic heterocycles. The first kappa shape index (κ1) is 17.1. The van der Waals surface area contributed by atoms with E-state index in [9.17, 15) is 9.59 Å². The molecular weight excluding hydrogens is 310 g/mol. The minimum absolute atomic E-state index is 0.144. The van der Waals surface area contributed by atoms with Crippen LogP contribution in [0.25, 0.3) is 6.08 Å². The van der Waals surface area contributed by atoms with Crippen LogP contribution in [0.5, 0.6) is 11.5 Å². The minimum Gasteiger partial charge on any atom is -0.493 e. The van der Waals surface area contributed by atoms with Gasteiger partial charge in [0.1, 0.15) is 0 Å². The fraction of sp³-hybridized carbons (Fsp3) is 0.111. The molecule has 0 amide bonds. The number of nitrogen functional groups attached to an aromatic ring is 1. The maximum atomic E-state index is 11.9. The van der Waals surface area contributed by atoms with E-state index >= 15 is 0 Å². The van der Waals surface area contributed by atoms with Crippen molar-refractivity contribution < 1.29 is 23.8 Å². The summed E-state index contributed by atoms with van der Waals surface area (Å²) in [4.78, 5) is 23.6. The van der Waals surface area contributed by atoms with Gasteiger partial charge in [-0.2, -0.15) is 0 Å². The molecule has 0 aliphatic carbocycles. The summed E-state index contributed by atoms with van der Waals surface area (Å²) < 4.78 is 15.0. The lowest BCUT2D eigenvalue weighted by Crippen LogP contribution is -2.12. The Bertz CT molecular complexity index is 783. The third-order valence-corrected chi connectivity index (χ3v) is 3.19. The molecule has 124 valence electrons. The number of esters is 2. The number of methoxy groups -OCH3 is 2. The van der Waals surface area contributed by atoms with Crippen molar-refractivity contribution in [1.29, 1.82) is 0 Å². The second-order valence-electron chi connectivity index (χ2n) is 4.74. The maximum absolute atomic E-state index is 11.9. The summed E-state index contributed by atoms with van der Waals surface area (Å²) >= 11 is 0. The van der Waals surface area contributed by atoms with E-state index in [1.807, 2.05) is 0 Å². The number of para-hydroxylation sites is 1. The summed E-state index contributed by atoms with van der Waals surface area (Å²) in [7, 11) is 3.05. The van der Waals surface area contributed by atoms with Crippen LogP contribution in [0.3, 0.4) is 0 Å². The molecule has 0 aromatic heterocycles. The molecule has 0 saturated carbocycles. The molecule has 2 rings (SSSR count). The number of hydrogen-bond donors (Lipinski definition) is 1. The van der Waals surface area contributed by atoms with E-state index < -0.39 is 11.9 Å². The highest BCUT2D eigenvalue weighted by Gasteiger charge is 2.13. The Morgan fingerprint density at radius 2 is 1.71 bits per heavy atom. The molecule has 2 aromatic rings. The number of nitrogens with two attached hydrogens (primary N) is 1. The van der Waals surface area contributed by atoms with E-state index in [1.54, 1.807) is 36.4 Å². The van der Waals surface area contributed by atoms with Crippen molar-refractivity contribution in [2.24, 2.45) is 0 Å². The normalized spacial score (nSPS) is 10.4. The molecule has 6 nitrogen and oxygen atoms in total. The molecule has 0 fully saturated rings. The number of rotatable bonds is 5. The zero-order valence-electron chi connectivity index (χ0n) is 13.3. The Hall–Kier alpha value is -3.28. The van der Waals surface area contributed by atoms with Gasteiger partial charge >= 0.3 is 11.9 Å². The molecule has 0 heterocycles. The van der Waals surface area contributed by atoms with Crippen LogP contribution in [0, 0.1) is 0 Å². The SMILES string of the molecule is COc1ccc(/C=C/C(=O)OC(=O)c2ccccc2N)cc1OC. The van der Waals surface area contributed by atoms with E-state index in [2.05, 4.69) is 0 Å². The highest BCUT2D eigenvalue weighted by atomic mass is 16.6. The van der Waals surface area contributed by atoms with Crippen LogP contribution in [0.4, 0.5) is 5.69 Å². The van der Waals surface area contributed by atoms with Crippen molar-refractivity contribution in [1.82, 2.24) is 0 Å². The van der Waals surface area contributed by atoms with Crippen LogP contribution >= 0.6 is 0 Å². The summed E-state index contributed by atoms with van der Waals surface area (Å²) in [6.07, 6.45) is 2.66. The Balaban J connectivity index is 2.05. The highest BCUT2D eigenvalue weighted by Crippen LogP contribution is 2.27. The first-order valence-corrected chi connectivity index (χ1v) is 7.06. The lowest BCUT2D eigenvalue weighted by Gasteiger charge is -2.07. The molecule has 24 heavy (non-hydrogen) atoms. The fourth-order valence-electron chi connectivity index (χ4n) is 1.98. The first-order valence-electron chi connectivity index (χ1n) is 7.06. The number of benzene rings is 2. The molecule has 0 unspecified atom stereocenters. The van der Waals surface area contributed by atoms with Crippen molar-refractivity contribution in [2.75, 3.05) is 20.0 Å². The summed E-state index contributed by atoms with van der Waals surface area (Å²) in [5.41, 5.74) is 6.75. The molecule has 0 radical (unpaired) electrons. The lowest BCUT2D eigenvalue weighted by atomic mass is 10.2. The zero-order valence-corrected chi connectivity index (χ0v) is 13.3. The molecule has 0 aliphatic rings. The quantitative estimate of drug-likeness (QED) is 0.393. The summed E-state index contributed by atoms with van der Waals surface area (Å²) in [5.74, 6) is -0.485. The number of carbonyl (C=O) groups excluding carboxylic acids is 2. The van der Waals surface area contributed by atoms with Gasteiger partial charge < -0.3 is 19.9 Å². The van der Waals surface area contributed by atoms with E-state index in [1.165, 1.54) is 26.4 Å². The van der Waals surface area contributed by atoms with Crippen LogP contribution in [-0.4, -0.2) is 26.2 Å². The van der Waals surface area contributed by atoms with Crippen molar-refractivity contribution in [3.8, 4) is 11.5 Å². The molecule has 0 spiro atoms. The second-order valence-corrected chi connectivity index (χ2v) is 4.74. The lowest BCUT2D eigenvalue weighted by molar-refractivity contribution is -0.132. The number of carbonyl (C=O) groups is 2. The largest absolute Gasteiger partial charge is 0.493 e. The van der Waals surface area contributed by atoms with Crippen LogP contribution in [0.15, 0.2) is 48.5 Å². The van der Waals surface area contributed by atoms with Gasteiger partial charge in [-0.15, -0.1) is 0 Å². The van der Waals surface area contributed by atoms with Crippen LogP contribution in [-0.2, 0) is 9.53 Å². The molecular formula is C18H17NO5. The van der Waals surface area contributed by atoms with Gasteiger partial charge in [-0.1, -0.05) is 18.2 Å². The average Bonchev–Trinajstić information content (AvgIpc) is 2.59. The van der Waals surface area contributed by atoms with Crippen molar-refractivity contribution >= 4 is 23.7 Å². The van der Waals surface area contributed by atoms with Gasteiger partial charge in [0.25, 0.3) is 0 Å². The maximum Gasteiger partial charge on any atom is 0.348 e. The molecule has 2 aromatic carbocycles. The Kier molecular flexibility index (Phi) is 5.57. The van der Waals surface area contributed by atoms with Crippen molar-refractivity contribution in [3.63, 3.8) is 0 Å². The predicted molar refractivity (Wildman–Crippen MR) is 89.9 cm³/mol. The van der Waals surface area contributed by atoms with Crippen LogP contribution < -0.4 is 15.2 Å². The minimum atomic E-state index is -0.796. The molecule has 6 heteroatoms. The van der Waals surface area contributed by atoms with E-state index in [-0.39, 0.29) is 11.3 Å². The van der Waals surface area contributed by atoms with Gasteiger partial charge in [-0.05, 0) is 35.9 Å². The van der Waals surface area contributed by atoms with Gasteiger partial charge in [0, 0.05) is 11.8 Å². The van der Waals surface area contributed by atoms with Gasteiger partial charge in [0.15, 0.2) is 11.5 Å². The summed E-state index contributed by atoms with van der Waals surface area (Å²) in [6.45, 7) is 0. The van der Waals surface area contributed by atoms with Crippen LogP contribution in [0.2, 0.25) is 0 Å². The van der Waals surface area contributed by atoms with Crippen LogP contribution in [0.1, 0.15) is 15.9 Å². The summed E-state index contributed by atoms with van der Waals surface area (Å²) in [6, 6.07) is 11.5. The van der Waals surface area contributed by atoms with Gasteiger partial charge in [0.2, 0.25) is 0 Å². The van der Waals surface area contributed by atoms with Gasteiger partial charge in [0.05, 0.1) is 19.8 Å². The monoisotopic (exact) mass is 327 g/mol. The number of ether oxygens (including phenoxy) is 3. The van der Waals surface area contributed by atoms with E-state index in [4.69, 9.17) is 19.9 Å².